The van der Waals surface area contributed by atoms with Gasteiger partial charge in [0.25, 0.3) is 0 Å². The van der Waals surface area contributed by atoms with Crippen molar-refractivity contribution in [1.82, 2.24) is 0 Å². The number of benzene rings is 2. The normalized spacial score (nSPS) is 12.1. The monoisotopic (exact) mass is 405 g/mol. The Morgan fingerprint density at radius 2 is 1.60 bits per heavy atom. The standard InChI is InChI=1S/C21H19N5O4/c1-25-16-5-3-4-6-17(16)26(2)19(25)15(11-22)18(27)12-30-20(28)13-7-9-14(10-8-13)24-21(23)29/h3-10H,12H2,1-2H3,(H3,23,24,29). The van der Waals surface area contributed by atoms with E-state index in [2.05, 4.69) is 5.32 Å². The molecule has 0 bridgehead atoms. The molecular weight excluding hydrogens is 386 g/mol. The van der Waals surface area contributed by atoms with Crippen LogP contribution in [0.25, 0.3) is 0 Å². The minimum atomic E-state index is -0.729. The minimum Gasteiger partial charge on any atom is -0.454 e. The van der Waals surface area contributed by atoms with Gasteiger partial charge in [0.2, 0.25) is 5.78 Å². The third-order valence-corrected chi connectivity index (χ3v) is 4.58. The van der Waals surface area contributed by atoms with Gasteiger partial charge in [-0.3, -0.25) is 4.79 Å². The third kappa shape index (κ3) is 3.93. The van der Waals surface area contributed by atoms with Gasteiger partial charge in [0.15, 0.2) is 6.61 Å². The molecule has 9 nitrogen and oxygen atoms in total. The van der Waals surface area contributed by atoms with Gasteiger partial charge in [0.05, 0.1) is 16.9 Å². The molecule has 2 aromatic carbocycles. The Labute approximate surface area is 172 Å². The first kappa shape index (κ1) is 20.4. The highest BCUT2D eigenvalue weighted by Gasteiger charge is 2.31. The van der Waals surface area contributed by atoms with Crippen molar-refractivity contribution < 1.29 is 19.1 Å². The molecule has 2 aromatic rings. The number of carbonyl (C=O) groups excluding carboxylic acids is 3. The summed E-state index contributed by atoms with van der Waals surface area (Å²) in [5.41, 5.74) is 7.24. The van der Waals surface area contributed by atoms with Gasteiger partial charge in [-0.15, -0.1) is 0 Å². The first-order valence-electron chi connectivity index (χ1n) is 8.91. The zero-order valence-corrected chi connectivity index (χ0v) is 16.4. The summed E-state index contributed by atoms with van der Waals surface area (Å²) in [6, 6.07) is 14.5. The predicted octanol–water partition coefficient (Wildman–Crippen LogP) is 2.22. The fourth-order valence-corrected chi connectivity index (χ4v) is 3.18. The molecule has 0 aliphatic carbocycles. The lowest BCUT2D eigenvalue weighted by atomic mass is 10.1. The molecule has 0 radical (unpaired) electrons. The molecule has 152 valence electrons. The number of hydrogen-bond acceptors (Lipinski definition) is 7. The van der Waals surface area contributed by atoms with E-state index in [0.29, 0.717) is 11.5 Å². The Morgan fingerprint density at radius 3 is 2.10 bits per heavy atom. The van der Waals surface area contributed by atoms with E-state index in [4.69, 9.17) is 10.5 Å². The number of amides is 2. The van der Waals surface area contributed by atoms with Crippen LogP contribution in [-0.4, -0.2) is 38.5 Å². The van der Waals surface area contributed by atoms with Gasteiger partial charge in [0.1, 0.15) is 17.5 Å². The van der Waals surface area contributed by atoms with Crippen LogP contribution in [0.15, 0.2) is 59.9 Å². The maximum Gasteiger partial charge on any atom is 0.338 e. The SMILES string of the molecule is CN1C(=C(C#N)C(=O)COC(=O)c2ccc(NC(N)=O)cc2)N(C)c2ccccc21. The van der Waals surface area contributed by atoms with Crippen molar-refractivity contribution in [3.05, 3.63) is 65.5 Å². The number of nitriles is 1. The summed E-state index contributed by atoms with van der Waals surface area (Å²) in [6.07, 6.45) is 0. The number of esters is 1. The van der Waals surface area contributed by atoms with Crippen LogP contribution in [0.2, 0.25) is 0 Å². The number of nitrogens with two attached hydrogens (primary N) is 1. The number of Topliss-reactive ketones (excluding diaryl/α,β-unsaturated/α-hetero) is 1. The highest BCUT2D eigenvalue weighted by Crippen LogP contribution is 2.40. The highest BCUT2D eigenvalue weighted by molar-refractivity contribution is 6.04. The number of hydrogen-bond donors (Lipinski definition) is 2. The van der Waals surface area contributed by atoms with E-state index in [0.717, 1.165) is 11.4 Å². The average Bonchev–Trinajstić information content (AvgIpc) is 2.98. The number of anilines is 3. The Morgan fingerprint density at radius 1 is 1.03 bits per heavy atom. The van der Waals surface area contributed by atoms with Gasteiger partial charge >= 0.3 is 12.0 Å². The van der Waals surface area contributed by atoms with Crippen molar-refractivity contribution in [3.8, 4) is 6.07 Å². The van der Waals surface area contributed by atoms with Crippen LogP contribution in [0.4, 0.5) is 21.9 Å². The van der Waals surface area contributed by atoms with Crippen LogP contribution in [0.1, 0.15) is 10.4 Å². The lowest BCUT2D eigenvalue weighted by molar-refractivity contribution is -0.118. The van der Waals surface area contributed by atoms with Gasteiger partial charge in [-0.1, -0.05) is 12.1 Å². The second-order valence-corrected chi connectivity index (χ2v) is 6.48. The van der Waals surface area contributed by atoms with Crippen LogP contribution < -0.4 is 20.9 Å². The topological polar surface area (TPSA) is 129 Å². The number of para-hydroxylation sites is 2. The summed E-state index contributed by atoms with van der Waals surface area (Å²) in [6.45, 7) is -0.579. The summed E-state index contributed by atoms with van der Waals surface area (Å²) < 4.78 is 5.08. The van der Waals surface area contributed by atoms with Gasteiger partial charge in [-0.25, -0.2) is 9.59 Å². The highest BCUT2D eigenvalue weighted by atomic mass is 16.5. The first-order chi connectivity index (χ1) is 14.3. The molecule has 30 heavy (non-hydrogen) atoms. The maximum absolute atomic E-state index is 12.6. The van der Waals surface area contributed by atoms with E-state index >= 15 is 0 Å². The van der Waals surface area contributed by atoms with Gasteiger partial charge in [-0.2, -0.15) is 5.26 Å². The molecule has 3 rings (SSSR count). The van der Waals surface area contributed by atoms with E-state index in [1.165, 1.54) is 24.3 Å². The number of ether oxygens (including phenoxy) is 1. The molecule has 1 aliphatic rings. The van der Waals surface area contributed by atoms with Crippen LogP contribution in [0, 0.1) is 11.3 Å². The molecule has 0 spiro atoms. The van der Waals surface area contributed by atoms with E-state index < -0.39 is 24.4 Å². The molecule has 1 heterocycles. The van der Waals surface area contributed by atoms with E-state index in [-0.39, 0.29) is 11.1 Å². The van der Waals surface area contributed by atoms with E-state index in [9.17, 15) is 19.6 Å². The molecule has 3 N–H and O–H groups in total. The lowest BCUT2D eigenvalue weighted by Gasteiger charge is -2.19. The van der Waals surface area contributed by atoms with Crippen molar-refractivity contribution in [1.29, 1.82) is 5.26 Å². The predicted molar refractivity (Wildman–Crippen MR) is 111 cm³/mol. The van der Waals surface area contributed by atoms with Crippen molar-refractivity contribution >= 4 is 34.8 Å². The summed E-state index contributed by atoms with van der Waals surface area (Å²) >= 11 is 0. The molecule has 0 atom stereocenters. The van der Waals surface area contributed by atoms with Gasteiger partial charge in [-0.05, 0) is 36.4 Å². The smallest absolute Gasteiger partial charge is 0.338 e. The molecule has 0 saturated carbocycles. The zero-order chi connectivity index (χ0) is 21.8. The van der Waals surface area contributed by atoms with E-state index in [1.807, 2.05) is 30.3 Å². The fourth-order valence-electron chi connectivity index (χ4n) is 3.18. The number of nitrogens with one attached hydrogen (secondary N) is 1. The number of urea groups is 1. The van der Waals surface area contributed by atoms with Crippen molar-refractivity contribution in [2.24, 2.45) is 5.73 Å². The molecule has 0 saturated heterocycles. The number of rotatable bonds is 5. The van der Waals surface area contributed by atoms with Crippen molar-refractivity contribution in [2.75, 3.05) is 35.8 Å². The summed E-state index contributed by atoms with van der Waals surface area (Å²) in [5, 5.41) is 12.0. The lowest BCUT2D eigenvalue weighted by Crippen LogP contribution is -2.27. The average molecular weight is 405 g/mol. The number of fused-ring (bicyclic) bond motifs is 1. The van der Waals surface area contributed by atoms with Gasteiger partial charge in [0, 0.05) is 19.8 Å². The van der Waals surface area contributed by atoms with Crippen LogP contribution in [0.5, 0.6) is 0 Å². The molecule has 1 aliphatic heterocycles. The maximum atomic E-state index is 12.6. The second kappa shape index (κ2) is 8.36. The van der Waals surface area contributed by atoms with Gasteiger partial charge < -0.3 is 25.6 Å². The van der Waals surface area contributed by atoms with Crippen LogP contribution in [0.3, 0.4) is 0 Å². The molecule has 0 unspecified atom stereocenters. The molecule has 0 aromatic heterocycles. The third-order valence-electron chi connectivity index (χ3n) is 4.58. The Balaban J connectivity index is 1.72. The summed E-state index contributed by atoms with van der Waals surface area (Å²) in [4.78, 5) is 39.2. The molecule has 2 amide bonds. The summed E-state index contributed by atoms with van der Waals surface area (Å²) in [7, 11) is 3.52. The van der Waals surface area contributed by atoms with Crippen molar-refractivity contribution in [2.45, 2.75) is 0 Å². The molecular formula is C21H19N5O4. The second-order valence-electron chi connectivity index (χ2n) is 6.48. The Kier molecular flexibility index (Phi) is 5.69. The minimum absolute atomic E-state index is 0.106. The van der Waals surface area contributed by atoms with Crippen LogP contribution >= 0.6 is 0 Å². The number of nitrogens with zero attached hydrogens (tertiary/aromatic N) is 3. The Bertz CT molecular complexity index is 1050. The Hall–Kier alpha value is -4.32. The van der Waals surface area contributed by atoms with Crippen LogP contribution in [-0.2, 0) is 9.53 Å². The fraction of sp³-hybridized carbons (Fsp3) is 0.143. The number of carbonyl (C=O) groups is 3. The van der Waals surface area contributed by atoms with E-state index in [1.54, 1.807) is 23.9 Å². The van der Waals surface area contributed by atoms with Crippen molar-refractivity contribution in [3.63, 3.8) is 0 Å². The quantitative estimate of drug-likeness (QED) is 0.443. The largest absolute Gasteiger partial charge is 0.454 e. The zero-order valence-electron chi connectivity index (χ0n) is 16.4. The molecule has 0 fully saturated rings. The number of ketones is 1. The number of primary amides is 1. The first-order valence-corrected chi connectivity index (χ1v) is 8.91. The molecule has 9 heteroatoms. The summed E-state index contributed by atoms with van der Waals surface area (Å²) in [5.74, 6) is -0.923.